The molecule has 1 heterocycles. The third-order valence-corrected chi connectivity index (χ3v) is 4.22. The van der Waals surface area contributed by atoms with E-state index in [1.165, 1.54) is 18.2 Å². The highest BCUT2D eigenvalue weighted by molar-refractivity contribution is 5.19. The van der Waals surface area contributed by atoms with E-state index in [0.29, 0.717) is 12.3 Å². The van der Waals surface area contributed by atoms with Gasteiger partial charge in [-0.3, -0.25) is 0 Å². The van der Waals surface area contributed by atoms with Gasteiger partial charge in [-0.15, -0.1) is 0 Å². The lowest BCUT2D eigenvalue weighted by molar-refractivity contribution is 0.0903. The Balaban J connectivity index is 1.80. The molecule has 0 radical (unpaired) electrons. The molecule has 0 amide bonds. The first-order valence-corrected chi connectivity index (χ1v) is 7.93. The number of hydrogen-bond acceptors (Lipinski definition) is 2. The predicted octanol–water partition coefficient (Wildman–Crippen LogP) is 3.65. The maximum Gasteiger partial charge on any atom is 0.129 e. The van der Waals surface area contributed by atoms with Crippen LogP contribution >= 0.6 is 0 Å². The summed E-state index contributed by atoms with van der Waals surface area (Å²) < 4.78 is 32.6. The van der Waals surface area contributed by atoms with E-state index >= 15 is 0 Å². The zero-order valence-corrected chi connectivity index (χ0v) is 12.8. The van der Waals surface area contributed by atoms with E-state index in [9.17, 15) is 8.78 Å². The van der Waals surface area contributed by atoms with Crippen LogP contribution in [0, 0.1) is 17.6 Å². The molecule has 0 saturated carbocycles. The molecule has 1 aliphatic heterocycles. The lowest BCUT2D eigenvalue weighted by Gasteiger charge is -2.32. The molecule has 118 valence electrons. The summed E-state index contributed by atoms with van der Waals surface area (Å²) in [7, 11) is 0. The zero-order chi connectivity index (χ0) is 15.1. The molecule has 2 rings (SSSR count). The molecule has 21 heavy (non-hydrogen) atoms. The molecule has 0 aliphatic carbocycles. The van der Waals surface area contributed by atoms with Crippen LogP contribution in [0.2, 0.25) is 0 Å². The summed E-state index contributed by atoms with van der Waals surface area (Å²) in [5.41, 5.74) is 0.240. The minimum atomic E-state index is -0.418. The van der Waals surface area contributed by atoms with Gasteiger partial charge in [0.2, 0.25) is 0 Å². The van der Waals surface area contributed by atoms with Crippen molar-refractivity contribution in [3.63, 3.8) is 0 Å². The Hall–Kier alpha value is -1.00. The second-order valence-electron chi connectivity index (χ2n) is 5.74. The van der Waals surface area contributed by atoms with Gasteiger partial charge >= 0.3 is 0 Å². The zero-order valence-electron chi connectivity index (χ0n) is 12.8. The lowest BCUT2D eigenvalue weighted by atomic mass is 9.91. The van der Waals surface area contributed by atoms with Crippen LogP contribution in [-0.4, -0.2) is 37.7 Å². The monoisotopic (exact) mass is 297 g/mol. The molecule has 0 aromatic heterocycles. The Bertz CT molecular complexity index is 419. The maximum atomic E-state index is 13.6. The normalized spacial score (nSPS) is 19.9. The van der Waals surface area contributed by atoms with Crippen molar-refractivity contribution in [2.45, 2.75) is 32.6 Å². The van der Waals surface area contributed by atoms with Gasteiger partial charge in [-0.1, -0.05) is 6.07 Å². The number of halogens is 2. The van der Waals surface area contributed by atoms with Gasteiger partial charge in [0.25, 0.3) is 0 Å². The van der Waals surface area contributed by atoms with E-state index in [1.807, 2.05) is 6.92 Å². The first-order valence-electron chi connectivity index (χ1n) is 7.93. The van der Waals surface area contributed by atoms with Gasteiger partial charge in [0, 0.05) is 25.3 Å². The lowest BCUT2D eigenvalue weighted by Crippen LogP contribution is -2.37. The van der Waals surface area contributed by atoms with Gasteiger partial charge in [-0.2, -0.15) is 0 Å². The van der Waals surface area contributed by atoms with Crippen LogP contribution < -0.4 is 0 Å². The molecule has 1 unspecified atom stereocenters. The summed E-state index contributed by atoms with van der Waals surface area (Å²) in [4.78, 5) is 2.40. The molecule has 1 atom stereocenters. The Kier molecular flexibility index (Phi) is 6.58. The average Bonchev–Trinajstić information content (AvgIpc) is 2.47. The average molecular weight is 297 g/mol. The van der Waals surface area contributed by atoms with Crippen LogP contribution in [0.4, 0.5) is 8.78 Å². The van der Waals surface area contributed by atoms with E-state index in [4.69, 9.17) is 4.74 Å². The highest BCUT2D eigenvalue weighted by atomic mass is 19.1. The van der Waals surface area contributed by atoms with E-state index in [2.05, 4.69) is 4.90 Å². The molecule has 1 fully saturated rings. The van der Waals surface area contributed by atoms with Crippen LogP contribution in [0.5, 0.6) is 0 Å². The Labute approximate surface area is 126 Å². The Morgan fingerprint density at radius 1 is 1.29 bits per heavy atom. The molecule has 1 saturated heterocycles. The van der Waals surface area contributed by atoms with Crippen LogP contribution in [0.1, 0.15) is 31.7 Å². The molecular formula is C17H25F2NO. The Morgan fingerprint density at radius 2 is 2.05 bits per heavy atom. The molecule has 0 bridgehead atoms. The van der Waals surface area contributed by atoms with Crippen molar-refractivity contribution in [3.05, 3.63) is 35.4 Å². The third-order valence-electron chi connectivity index (χ3n) is 4.22. The maximum absolute atomic E-state index is 13.6. The van der Waals surface area contributed by atoms with Crippen molar-refractivity contribution in [2.75, 3.05) is 32.8 Å². The minimum Gasteiger partial charge on any atom is -0.380 e. The number of hydrogen-bond donors (Lipinski definition) is 0. The standard InChI is InChI=1S/C17H25F2NO/c1-2-21-12-11-20-10-4-5-14(13-20)8-9-15-16(18)6-3-7-17(15)19/h3,6-7,14H,2,4-5,8-13H2,1H3. The van der Waals surface area contributed by atoms with Crippen molar-refractivity contribution in [3.8, 4) is 0 Å². The number of rotatable bonds is 7. The number of benzene rings is 1. The fourth-order valence-corrected chi connectivity index (χ4v) is 3.05. The Morgan fingerprint density at radius 3 is 2.76 bits per heavy atom. The number of nitrogens with zero attached hydrogens (tertiary/aromatic N) is 1. The number of piperidine rings is 1. The minimum absolute atomic E-state index is 0.240. The summed E-state index contributed by atoms with van der Waals surface area (Å²) in [5, 5.41) is 0. The van der Waals surface area contributed by atoms with Crippen LogP contribution in [0.3, 0.4) is 0 Å². The van der Waals surface area contributed by atoms with Crippen molar-refractivity contribution < 1.29 is 13.5 Å². The molecule has 2 nitrogen and oxygen atoms in total. The van der Waals surface area contributed by atoms with Gasteiger partial charge in [0.05, 0.1) is 6.61 Å². The SMILES string of the molecule is CCOCCN1CCCC(CCc2c(F)cccc2F)C1. The third kappa shape index (κ3) is 5.04. The van der Waals surface area contributed by atoms with Gasteiger partial charge < -0.3 is 9.64 Å². The molecule has 4 heteroatoms. The first-order chi connectivity index (χ1) is 10.2. The molecule has 0 N–H and O–H groups in total. The van der Waals surface area contributed by atoms with E-state index in [0.717, 1.165) is 52.1 Å². The van der Waals surface area contributed by atoms with Crippen molar-refractivity contribution in [2.24, 2.45) is 5.92 Å². The summed E-state index contributed by atoms with van der Waals surface area (Å²) in [6, 6.07) is 4.10. The van der Waals surface area contributed by atoms with Gasteiger partial charge in [-0.05, 0) is 57.2 Å². The van der Waals surface area contributed by atoms with Gasteiger partial charge in [-0.25, -0.2) is 8.78 Å². The second kappa shape index (κ2) is 8.44. The van der Waals surface area contributed by atoms with E-state index < -0.39 is 11.6 Å². The summed E-state index contributed by atoms with van der Waals surface area (Å²) in [6.07, 6.45) is 3.66. The highest BCUT2D eigenvalue weighted by Crippen LogP contribution is 2.23. The van der Waals surface area contributed by atoms with E-state index in [-0.39, 0.29) is 5.56 Å². The van der Waals surface area contributed by atoms with Crippen LogP contribution in [0.15, 0.2) is 18.2 Å². The highest BCUT2D eigenvalue weighted by Gasteiger charge is 2.20. The fraction of sp³-hybridized carbons (Fsp3) is 0.647. The quantitative estimate of drug-likeness (QED) is 0.712. The van der Waals surface area contributed by atoms with Crippen LogP contribution in [-0.2, 0) is 11.2 Å². The van der Waals surface area contributed by atoms with E-state index in [1.54, 1.807) is 0 Å². The largest absolute Gasteiger partial charge is 0.380 e. The van der Waals surface area contributed by atoms with Gasteiger partial charge in [0.1, 0.15) is 11.6 Å². The molecular weight excluding hydrogens is 272 g/mol. The smallest absolute Gasteiger partial charge is 0.129 e. The first kappa shape index (κ1) is 16.4. The summed E-state index contributed by atoms with van der Waals surface area (Å²) in [6.45, 7) is 6.61. The van der Waals surface area contributed by atoms with Crippen molar-refractivity contribution >= 4 is 0 Å². The van der Waals surface area contributed by atoms with Crippen LogP contribution in [0.25, 0.3) is 0 Å². The predicted molar refractivity (Wildman–Crippen MR) is 80.3 cm³/mol. The van der Waals surface area contributed by atoms with Crippen molar-refractivity contribution in [1.29, 1.82) is 0 Å². The number of likely N-dealkylation sites (tertiary alicyclic amines) is 1. The second-order valence-corrected chi connectivity index (χ2v) is 5.74. The molecule has 1 aromatic carbocycles. The van der Waals surface area contributed by atoms with Gasteiger partial charge in [0.15, 0.2) is 0 Å². The molecule has 0 spiro atoms. The fourth-order valence-electron chi connectivity index (χ4n) is 3.05. The van der Waals surface area contributed by atoms with Crippen molar-refractivity contribution in [1.82, 2.24) is 4.90 Å². The summed E-state index contributed by atoms with van der Waals surface area (Å²) in [5.74, 6) is -0.308. The number of ether oxygens (including phenoxy) is 1. The molecule has 1 aliphatic rings. The summed E-state index contributed by atoms with van der Waals surface area (Å²) >= 11 is 0. The molecule has 1 aromatic rings. The topological polar surface area (TPSA) is 12.5 Å².